The number of hydrogen-bond donors (Lipinski definition) is 1. The van der Waals surface area contributed by atoms with Crippen molar-refractivity contribution in [2.75, 3.05) is 11.9 Å². The zero-order valence-electron chi connectivity index (χ0n) is 14.2. The normalized spacial score (nSPS) is 10.8. The van der Waals surface area contributed by atoms with E-state index in [4.69, 9.17) is 4.74 Å². The van der Waals surface area contributed by atoms with E-state index in [-0.39, 0.29) is 5.69 Å². The molecule has 0 aromatic heterocycles. The highest BCUT2D eigenvalue weighted by atomic mass is 32.2. The Balaban J connectivity index is 1.81. The van der Waals surface area contributed by atoms with Gasteiger partial charge in [-0.05, 0) is 35.9 Å². The van der Waals surface area contributed by atoms with Crippen molar-refractivity contribution in [2.24, 2.45) is 0 Å². The molecule has 0 unspecified atom stereocenters. The molecule has 0 fully saturated rings. The second-order valence-corrected chi connectivity index (χ2v) is 6.31. The molecule has 1 amide bonds. The summed E-state index contributed by atoms with van der Waals surface area (Å²) in [5, 5.41) is 13.2. The number of rotatable bonds is 8. The Morgan fingerprint density at radius 2 is 1.93 bits per heavy atom. The number of nitrogens with one attached hydrogen (secondary N) is 1. The topological polar surface area (TPSA) is 98.5 Å². The molecule has 2 aromatic carbocycles. The van der Waals surface area contributed by atoms with Crippen LogP contribution in [0.25, 0.3) is 6.08 Å². The molecule has 146 valence electrons. The van der Waals surface area contributed by atoms with Gasteiger partial charge in [0.1, 0.15) is 0 Å². The second-order valence-electron chi connectivity index (χ2n) is 5.24. The highest BCUT2D eigenvalue weighted by Gasteiger charge is 2.08. The first-order valence-electron chi connectivity index (χ1n) is 7.77. The van der Waals surface area contributed by atoms with Crippen LogP contribution in [0.2, 0.25) is 0 Å². The fourth-order valence-electron chi connectivity index (χ4n) is 2.01. The van der Waals surface area contributed by atoms with Crippen molar-refractivity contribution in [3.63, 3.8) is 0 Å². The molecule has 0 aliphatic carbocycles. The second kappa shape index (κ2) is 10.2. The summed E-state index contributed by atoms with van der Waals surface area (Å²) in [5.41, 5.74) is 0.678. The lowest BCUT2D eigenvalue weighted by atomic mass is 10.2. The van der Waals surface area contributed by atoms with Crippen molar-refractivity contribution >= 4 is 41.1 Å². The molecule has 10 heteroatoms. The molecule has 0 saturated heterocycles. The van der Waals surface area contributed by atoms with Crippen LogP contribution in [0.15, 0.2) is 59.5 Å². The summed E-state index contributed by atoms with van der Waals surface area (Å²) in [4.78, 5) is 33.9. The number of hydrogen-bond acceptors (Lipinski definition) is 6. The molecule has 0 heterocycles. The van der Waals surface area contributed by atoms with Crippen LogP contribution in [0.3, 0.4) is 0 Å². The van der Waals surface area contributed by atoms with Crippen molar-refractivity contribution in [1.82, 2.24) is 0 Å². The van der Waals surface area contributed by atoms with E-state index >= 15 is 0 Å². The Hall–Kier alpha value is -3.27. The van der Waals surface area contributed by atoms with Gasteiger partial charge >= 0.3 is 5.97 Å². The van der Waals surface area contributed by atoms with Crippen LogP contribution < -0.4 is 5.32 Å². The first kappa shape index (κ1) is 21.0. The minimum atomic E-state index is -2.53. The summed E-state index contributed by atoms with van der Waals surface area (Å²) >= 11 is 0.386. The van der Waals surface area contributed by atoms with E-state index in [0.29, 0.717) is 27.9 Å². The number of ether oxygens (including phenoxy) is 1. The average molecular weight is 408 g/mol. The summed E-state index contributed by atoms with van der Waals surface area (Å²) in [6.45, 7) is -0.550. The monoisotopic (exact) mass is 408 g/mol. The zero-order chi connectivity index (χ0) is 20.5. The Bertz CT molecular complexity index is 888. The van der Waals surface area contributed by atoms with E-state index in [2.05, 4.69) is 5.32 Å². The number of nitrogens with zero attached hydrogens (tertiary/aromatic N) is 1. The van der Waals surface area contributed by atoms with Gasteiger partial charge in [0.05, 0.1) is 4.92 Å². The number of benzene rings is 2. The number of nitro groups is 1. The Kier molecular flexibility index (Phi) is 7.64. The van der Waals surface area contributed by atoms with Crippen LogP contribution >= 0.6 is 11.8 Å². The van der Waals surface area contributed by atoms with Gasteiger partial charge in [-0.3, -0.25) is 14.9 Å². The van der Waals surface area contributed by atoms with Gasteiger partial charge in [-0.25, -0.2) is 4.79 Å². The fraction of sp³-hybridized carbons (Fsp3) is 0.111. The average Bonchev–Trinajstić information content (AvgIpc) is 2.66. The van der Waals surface area contributed by atoms with Gasteiger partial charge in [0.15, 0.2) is 6.61 Å². The minimum Gasteiger partial charge on any atom is -0.452 e. The number of halogens is 2. The number of carbonyl (C=O) groups is 2. The van der Waals surface area contributed by atoms with Crippen molar-refractivity contribution in [2.45, 2.75) is 10.7 Å². The number of alkyl halides is 2. The Labute approximate surface area is 162 Å². The molecular weight excluding hydrogens is 394 g/mol. The molecule has 2 aromatic rings. The van der Waals surface area contributed by atoms with Crippen molar-refractivity contribution < 1.29 is 28.0 Å². The third-order valence-corrected chi connectivity index (χ3v) is 3.92. The van der Waals surface area contributed by atoms with Crippen LogP contribution in [0.1, 0.15) is 5.56 Å². The van der Waals surface area contributed by atoms with Crippen LogP contribution in [-0.4, -0.2) is 29.2 Å². The van der Waals surface area contributed by atoms with Crippen molar-refractivity contribution in [3.8, 4) is 0 Å². The molecule has 28 heavy (non-hydrogen) atoms. The molecule has 0 aliphatic rings. The lowest BCUT2D eigenvalue weighted by molar-refractivity contribution is -0.384. The lowest BCUT2D eigenvalue weighted by Gasteiger charge is -2.06. The fourth-order valence-corrected chi connectivity index (χ4v) is 2.51. The Morgan fingerprint density at radius 1 is 1.21 bits per heavy atom. The number of carbonyl (C=O) groups excluding carboxylic acids is 2. The molecule has 0 spiro atoms. The standard InChI is InChI=1S/C18H14F2N2O5S/c19-18(20)28-15-7-5-13(6-8-15)21-16(23)11-27-17(24)9-4-12-2-1-3-14(10-12)22(25)26/h1-10,18H,11H2,(H,21,23)/b9-4+. The molecule has 7 nitrogen and oxygen atoms in total. The SMILES string of the molecule is O=C(COC(=O)/C=C/c1cccc([N+](=O)[O-])c1)Nc1ccc(SC(F)F)cc1. The summed E-state index contributed by atoms with van der Waals surface area (Å²) in [6, 6.07) is 11.4. The van der Waals surface area contributed by atoms with E-state index in [1.807, 2.05) is 0 Å². The maximum absolute atomic E-state index is 12.2. The van der Waals surface area contributed by atoms with Crippen LogP contribution in [0.5, 0.6) is 0 Å². The van der Waals surface area contributed by atoms with Gasteiger partial charge < -0.3 is 10.1 Å². The predicted molar refractivity (Wildman–Crippen MR) is 100 cm³/mol. The maximum atomic E-state index is 12.2. The summed E-state index contributed by atoms with van der Waals surface area (Å²) < 4.78 is 29.3. The zero-order valence-corrected chi connectivity index (χ0v) is 15.0. The van der Waals surface area contributed by atoms with Gasteiger partial charge in [-0.1, -0.05) is 23.9 Å². The van der Waals surface area contributed by atoms with Gasteiger partial charge in [0.25, 0.3) is 17.4 Å². The molecule has 0 saturated carbocycles. The maximum Gasteiger partial charge on any atom is 0.331 e. The molecule has 0 bridgehead atoms. The van der Waals surface area contributed by atoms with E-state index < -0.39 is 29.2 Å². The first-order valence-corrected chi connectivity index (χ1v) is 8.65. The van der Waals surface area contributed by atoms with E-state index in [0.717, 1.165) is 6.08 Å². The van der Waals surface area contributed by atoms with Crippen LogP contribution in [0.4, 0.5) is 20.2 Å². The number of nitro benzene ring substituents is 1. The molecule has 0 aliphatic heterocycles. The molecular formula is C18H14F2N2O5S. The van der Waals surface area contributed by atoms with E-state index in [1.165, 1.54) is 48.5 Å². The van der Waals surface area contributed by atoms with E-state index in [9.17, 15) is 28.5 Å². The van der Waals surface area contributed by atoms with Gasteiger partial charge in [-0.2, -0.15) is 8.78 Å². The summed E-state index contributed by atoms with van der Waals surface area (Å²) in [5.74, 6) is -3.94. The number of esters is 1. The number of thioether (sulfide) groups is 1. The third-order valence-electron chi connectivity index (χ3n) is 3.20. The highest BCUT2D eigenvalue weighted by molar-refractivity contribution is 7.99. The minimum absolute atomic E-state index is 0.118. The molecule has 0 atom stereocenters. The number of amides is 1. The van der Waals surface area contributed by atoms with Gasteiger partial charge in [-0.15, -0.1) is 0 Å². The third kappa shape index (κ3) is 7.16. The van der Waals surface area contributed by atoms with Crippen LogP contribution in [0, 0.1) is 10.1 Å². The first-order chi connectivity index (χ1) is 13.3. The number of non-ortho nitro benzene ring substituents is 1. The quantitative estimate of drug-likeness (QED) is 0.232. The van der Waals surface area contributed by atoms with E-state index in [1.54, 1.807) is 6.07 Å². The molecule has 0 radical (unpaired) electrons. The lowest BCUT2D eigenvalue weighted by Crippen LogP contribution is -2.20. The molecule has 2 rings (SSSR count). The summed E-state index contributed by atoms with van der Waals surface area (Å²) in [6.07, 6.45) is 2.37. The van der Waals surface area contributed by atoms with Gasteiger partial charge in [0.2, 0.25) is 0 Å². The van der Waals surface area contributed by atoms with Crippen molar-refractivity contribution in [1.29, 1.82) is 0 Å². The highest BCUT2D eigenvalue weighted by Crippen LogP contribution is 2.26. The Morgan fingerprint density at radius 3 is 2.57 bits per heavy atom. The van der Waals surface area contributed by atoms with Crippen molar-refractivity contribution in [3.05, 3.63) is 70.3 Å². The van der Waals surface area contributed by atoms with Crippen LogP contribution in [-0.2, 0) is 14.3 Å². The van der Waals surface area contributed by atoms with Gasteiger partial charge in [0, 0.05) is 28.8 Å². The summed E-state index contributed by atoms with van der Waals surface area (Å²) in [7, 11) is 0. The smallest absolute Gasteiger partial charge is 0.331 e. The molecule has 1 N–H and O–H groups in total. The predicted octanol–water partition coefficient (Wildman–Crippen LogP) is 4.10. The largest absolute Gasteiger partial charge is 0.452 e. The number of anilines is 1.